The summed E-state index contributed by atoms with van der Waals surface area (Å²) in [5.74, 6) is 0.909. The van der Waals surface area contributed by atoms with Crippen LogP contribution >= 0.6 is 12.6 Å². The molecule has 0 saturated heterocycles. The largest absolute Gasteiger partial charge is 0.462 e. The van der Waals surface area contributed by atoms with Crippen molar-refractivity contribution >= 4 is 18.6 Å². The number of carbonyl (C=O) groups excluding carboxylic acids is 1. The summed E-state index contributed by atoms with van der Waals surface area (Å²) in [5.41, 5.74) is -0.0206. The van der Waals surface area contributed by atoms with Gasteiger partial charge in [0, 0.05) is 0 Å². The maximum Gasteiger partial charge on any atom is 0.309 e. The number of hydrogen-bond donors (Lipinski definition) is 1. The van der Waals surface area contributed by atoms with Gasteiger partial charge in [-0.3, -0.25) is 4.79 Å². The minimum Gasteiger partial charge on any atom is -0.462 e. The lowest BCUT2D eigenvalue weighted by Crippen LogP contribution is -2.31. The predicted molar refractivity (Wildman–Crippen MR) is 94.1 cm³/mol. The Balaban J connectivity index is 0.00000116. The van der Waals surface area contributed by atoms with Gasteiger partial charge >= 0.3 is 5.97 Å². The Morgan fingerprint density at radius 2 is 1.45 bits per heavy atom. The van der Waals surface area contributed by atoms with E-state index in [0.29, 0.717) is 0 Å². The van der Waals surface area contributed by atoms with Gasteiger partial charge in [-0.05, 0) is 64.2 Å². The molecule has 0 amide bonds. The summed E-state index contributed by atoms with van der Waals surface area (Å²) in [5, 5.41) is 0. The second-order valence-electron chi connectivity index (χ2n) is 6.53. The van der Waals surface area contributed by atoms with E-state index < -0.39 is 0 Å². The third kappa shape index (κ3) is 6.91. The Morgan fingerprint density at radius 3 is 1.95 bits per heavy atom. The minimum absolute atomic E-state index is 0.0206. The van der Waals surface area contributed by atoms with Crippen molar-refractivity contribution in [2.45, 2.75) is 96.7 Å². The third-order valence-electron chi connectivity index (χ3n) is 4.64. The SMILES string of the molecule is CC.CC1CCC(OC(=O)C2CCC(OC(C)S)CC2)CC1. The van der Waals surface area contributed by atoms with Gasteiger partial charge in [0.15, 0.2) is 0 Å². The predicted octanol–water partition coefficient (Wildman–Crippen LogP) is 4.99. The lowest BCUT2D eigenvalue weighted by Gasteiger charge is -2.31. The van der Waals surface area contributed by atoms with Gasteiger partial charge in [0.2, 0.25) is 0 Å². The molecule has 4 heteroatoms. The maximum absolute atomic E-state index is 12.2. The summed E-state index contributed by atoms with van der Waals surface area (Å²) in [7, 11) is 0. The average molecular weight is 331 g/mol. The summed E-state index contributed by atoms with van der Waals surface area (Å²) < 4.78 is 11.4. The quantitative estimate of drug-likeness (QED) is 0.448. The van der Waals surface area contributed by atoms with Crippen LogP contribution in [0, 0.1) is 11.8 Å². The molecular weight excluding hydrogens is 296 g/mol. The molecule has 2 aliphatic rings. The van der Waals surface area contributed by atoms with Crippen molar-refractivity contribution in [2.75, 3.05) is 0 Å². The van der Waals surface area contributed by atoms with Crippen molar-refractivity contribution < 1.29 is 14.3 Å². The number of rotatable bonds is 4. The van der Waals surface area contributed by atoms with Crippen LogP contribution in [0.4, 0.5) is 0 Å². The Labute approximate surface area is 141 Å². The van der Waals surface area contributed by atoms with Crippen molar-refractivity contribution in [2.24, 2.45) is 11.8 Å². The Morgan fingerprint density at radius 1 is 0.955 bits per heavy atom. The van der Waals surface area contributed by atoms with Crippen LogP contribution in [-0.4, -0.2) is 23.6 Å². The van der Waals surface area contributed by atoms with Crippen molar-refractivity contribution in [3.63, 3.8) is 0 Å². The molecular formula is C18H34O3S. The van der Waals surface area contributed by atoms with E-state index in [9.17, 15) is 4.79 Å². The molecule has 130 valence electrons. The molecule has 0 bridgehead atoms. The molecule has 0 N–H and O–H groups in total. The van der Waals surface area contributed by atoms with Crippen LogP contribution in [0.25, 0.3) is 0 Å². The van der Waals surface area contributed by atoms with Crippen LogP contribution in [0.2, 0.25) is 0 Å². The fraction of sp³-hybridized carbons (Fsp3) is 0.944. The van der Waals surface area contributed by atoms with E-state index in [-0.39, 0.29) is 29.5 Å². The molecule has 0 radical (unpaired) electrons. The Hall–Kier alpha value is -0.220. The van der Waals surface area contributed by atoms with Gasteiger partial charge in [0.1, 0.15) is 6.10 Å². The molecule has 22 heavy (non-hydrogen) atoms. The molecule has 3 nitrogen and oxygen atoms in total. The van der Waals surface area contributed by atoms with Crippen LogP contribution < -0.4 is 0 Å². The molecule has 1 unspecified atom stereocenters. The van der Waals surface area contributed by atoms with Gasteiger partial charge in [-0.1, -0.05) is 20.8 Å². The molecule has 0 aliphatic heterocycles. The van der Waals surface area contributed by atoms with E-state index in [1.807, 2.05) is 20.8 Å². The smallest absolute Gasteiger partial charge is 0.309 e. The van der Waals surface area contributed by atoms with Crippen LogP contribution in [0.5, 0.6) is 0 Å². The summed E-state index contributed by atoms with van der Waals surface area (Å²) >= 11 is 4.25. The molecule has 0 heterocycles. The molecule has 2 aliphatic carbocycles. The van der Waals surface area contributed by atoms with Crippen molar-refractivity contribution in [3.05, 3.63) is 0 Å². The molecule has 2 fully saturated rings. The van der Waals surface area contributed by atoms with E-state index in [1.54, 1.807) is 0 Å². The molecule has 0 aromatic carbocycles. The number of ether oxygens (including phenoxy) is 2. The van der Waals surface area contributed by atoms with E-state index in [2.05, 4.69) is 19.6 Å². The highest BCUT2D eigenvalue weighted by atomic mass is 32.1. The zero-order valence-electron chi connectivity index (χ0n) is 14.7. The van der Waals surface area contributed by atoms with Gasteiger partial charge in [-0.2, -0.15) is 0 Å². The van der Waals surface area contributed by atoms with Crippen LogP contribution in [0.1, 0.15) is 79.1 Å². The van der Waals surface area contributed by atoms with Crippen molar-refractivity contribution in [1.82, 2.24) is 0 Å². The van der Waals surface area contributed by atoms with Gasteiger partial charge in [-0.25, -0.2) is 0 Å². The Bertz CT molecular complexity index is 303. The Kier molecular flexibility index (Phi) is 9.49. The van der Waals surface area contributed by atoms with Crippen LogP contribution in [0.15, 0.2) is 0 Å². The van der Waals surface area contributed by atoms with Crippen molar-refractivity contribution in [3.8, 4) is 0 Å². The normalized spacial score (nSPS) is 33.3. The second-order valence-corrected chi connectivity index (χ2v) is 7.26. The van der Waals surface area contributed by atoms with E-state index in [1.165, 1.54) is 12.8 Å². The van der Waals surface area contributed by atoms with Gasteiger partial charge in [0.25, 0.3) is 0 Å². The lowest BCUT2D eigenvalue weighted by molar-refractivity contribution is -0.158. The van der Waals surface area contributed by atoms with Crippen molar-refractivity contribution in [1.29, 1.82) is 0 Å². The maximum atomic E-state index is 12.2. The molecule has 0 aromatic rings. The first-order valence-corrected chi connectivity index (χ1v) is 9.60. The molecule has 0 aromatic heterocycles. The first-order valence-electron chi connectivity index (χ1n) is 9.08. The lowest BCUT2D eigenvalue weighted by atomic mass is 9.86. The molecule has 1 atom stereocenters. The molecule has 2 rings (SSSR count). The van der Waals surface area contributed by atoms with Crippen LogP contribution in [0.3, 0.4) is 0 Å². The van der Waals surface area contributed by atoms with Gasteiger partial charge < -0.3 is 9.47 Å². The summed E-state index contributed by atoms with van der Waals surface area (Å²) in [6, 6.07) is 0. The second kappa shape index (κ2) is 10.5. The standard InChI is InChI=1S/C16H28O3S.C2H6/c1-11-3-7-15(8-4-11)19-16(17)13-5-9-14(10-6-13)18-12(2)20;1-2/h11-15,20H,3-10H2,1-2H3;1-2H3. The average Bonchev–Trinajstić information content (AvgIpc) is 2.51. The van der Waals surface area contributed by atoms with E-state index >= 15 is 0 Å². The van der Waals surface area contributed by atoms with E-state index in [0.717, 1.165) is 44.4 Å². The topological polar surface area (TPSA) is 35.5 Å². The molecule has 2 saturated carbocycles. The summed E-state index contributed by atoms with van der Waals surface area (Å²) in [6.07, 6.45) is 8.60. The van der Waals surface area contributed by atoms with Gasteiger partial charge in [-0.15, -0.1) is 12.6 Å². The van der Waals surface area contributed by atoms with E-state index in [4.69, 9.17) is 9.47 Å². The first-order chi connectivity index (χ1) is 10.5. The number of esters is 1. The highest BCUT2D eigenvalue weighted by Crippen LogP contribution is 2.31. The van der Waals surface area contributed by atoms with Crippen LogP contribution in [-0.2, 0) is 14.3 Å². The highest BCUT2D eigenvalue weighted by molar-refractivity contribution is 7.80. The summed E-state index contributed by atoms with van der Waals surface area (Å²) in [6.45, 7) is 8.22. The minimum atomic E-state index is -0.0206. The highest BCUT2D eigenvalue weighted by Gasteiger charge is 2.30. The molecule has 0 spiro atoms. The first kappa shape index (κ1) is 19.8. The third-order valence-corrected chi connectivity index (χ3v) is 4.76. The zero-order chi connectivity index (χ0) is 16.5. The number of carbonyl (C=O) groups is 1. The summed E-state index contributed by atoms with van der Waals surface area (Å²) in [4.78, 5) is 12.2. The number of hydrogen-bond acceptors (Lipinski definition) is 4. The van der Waals surface area contributed by atoms with Gasteiger partial charge in [0.05, 0.1) is 17.5 Å². The fourth-order valence-electron chi connectivity index (χ4n) is 3.32. The fourth-order valence-corrected chi connectivity index (χ4v) is 3.49. The zero-order valence-corrected chi connectivity index (χ0v) is 15.6. The number of thiol groups is 1. The monoisotopic (exact) mass is 330 g/mol.